The Kier molecular flexibility index (Phi) is 10.3. The number of aryl methyl sites for hydroxylation is 2. The Morgan fingerprint density at radius 1 is 1.10 bits per heavy atom. The van der Waals surface area contributed by atoms with Gasteiger partial charge in [-0.15, -0.1) is 0 Å². The Hall–Kier alpha value is -0.940. The summed E-state index contributed by atoms with van der Waals surface area (Å²) in [4.78, 5) is 0. The van der Waals surface area contributed by atoms with Gasteiger partial charge in [-0.05, 0) is 12.8 Å². The van der Waals surface area contributed by atoms with Gasteiger partial charge in [0, 0.05) is 31.2 Å². The van der Waals surface area contributed by atoms with Gasteiger partial charge in [0.1, 0.15) is 6.54 Å². The molecule has 0 aromatic carbocycles. The van der Waals surface area contributed by atoms with Gasteiger partial charge in [-0.1, -0.05) is 32.8 Å². The van der Waals surface area contributed by atoms with Gasteiger partial charge in [0.2, 0.25) is 0 Å². The van der Waals surface area contributed by atoms with Gasteiger partial charge >= 0.3 is 0 Å². The van der Waals surface area contributed by atoms with E-state index in [4.69, 9.17) is 13.0 Å². The first kappa shape index (κ1) is 19.1. The van der Waals surface area contributed by atoms with Crippen LogP contribution in [0.4, 0.5) is 0 Å². The van der Waals surface area contributed by atoms with Gasteiger partial charge in [-0.25, -0.2) is 13.0 Å². The largest absolute Gasteiger partial charge is 0.748 e. The third-order valence-electron chi connectivity index (χ3n) is 2.79. The molecule has 0 fully saturated rings. The molecule has 0 unspecified atom stereocenters. The average Bonchev–Trinajstić information content (AvgIpc) is 2.35. The number of unbranched alkanes of at least 4 members (excludes halogenated alkanes) is 3. The summed E-state index contributed by atoms with van der Waals surface area (Å²) in [7, 11) is -3.92. The van der Waals surface area contributed by atoms with Crippen molar-refractivity contribution in [2.75, 3.05) is 6.26 Å². The van der Waals surface area contributed by atoms with E-state index in [0.29, 0.717) is 6.26 Å². The molecule has 0 aliphatic rings. The number of hydrogen-bond acceptors (Lipinski definition) is 3. The van der Waals surface area contributed by atoms with Gasteiger partial charge in [0.05, 0.1) is 10.1 Å². The van der Waals surface area contributed by atoms with Crippen LogP contribution in [0.15, 0.2) is 24.4 Å². The van der Waals surface area contributed by atoms with Crippen molar-refractivity contribution >= 4 is 10.1 Å². The van der Waals surface area contributed by atoms with Crippen LogP contribution in [0.5, 0.6) is 0 Å². The summed E-state index contributed by atoms with van der Waals surface area (Å²) in [5.41, 5.74) is 1.48. The van der Waals surface area contributed by atoms with Crippen molar-refractivity contribution in [2.24, 2.45) is 0 Å². The number of pyridine rings is 1. The summed E-state index contributed by atoms with van der Waals surface area (Å²) < 4.78 is 29.6. The lowest BCUT2D eigenvalue weighted by molar-refractivity contribution is -0.704. The zero-order chi connectivity index (χ0) is 15.4. The smallest absolute Gasteiger partial charge is 0.181 e. The van der Waals surface area contributed by atoms with E-state index in [9.17, 15) is 0 Å². The maximum Gasteiger partial charge on any atom is 0.181 e. The van der Waals surface area contributed by atoms with Gasteiger partial charge < -0.3 is 4.55 Å². The zero-order valence-corrected chi connectivity index (χ0v) is 13.7. The quantitative estimate of drug-likeness (QED) is 0.442. The minimum Gasteiger partial charge on any atom is -0.748 e. The summed E-state index contributed by atoms with van der Waals surface area (Å²) in [5.74, 6) is 0. The Morgan fingerprint density at radius 3 is 2.30 bits per heavy atom. The van der Waals surface area contributed by atoms with Crippen molar-refractivity contribution in [1.82, 2.24) is 0 Å². The highest BCUT2D eigenvalue weighted by molar-refractivity contribution is 7.84. The van der Waals surface area contributed by atoms with Crippen molar-refractivity contribution in [3.05, 3.63) is 30.1 Å². The van der Waals surface area contributed by atoms with E-state index in [1.165, 1.54) is 50.8 Å². The summed E-state index contributed by atoms with van der Waals surface area (Å²) in [6.07, 6.45) is 10.6. The van der Waals surface area contributed by atoms with Crippen LogP contribution in [0.2, 0.25) is 0 Å². The SMILES string of the molecule is CCCCCC[n+]1ccccc1CCC.CS(=O)(=O)[O-]. The highest BCUT2D eigenvalue weighted by atomic mass is 32.2. The molecular formula is C15H27NO3S. The third kappa shape index (κ3) is 12.1. The van der Waals surface area contributed by atoms with Crippen LogP contribution in [-0.2, 0) is 23.1 Å². The van der Waals surface area contributed by atoms with Crippen LogP contribution in [0.25, 0.3) is 0 Å². The molecular weight excluding hydrogens is 274 g/mol. The van der Waals surface area contributed by atoms with E-state index in [1.54, 1.807) is 0 Å². The van der Waals surface area contributed by atoms with Crippen molar-refractivity contribution in [3.8, 4) is 0 Å². The molecule has 0 spiro atoms. The number of rotatable bonds is 7. The first-order chi connectivity index (χ1) is 9.38. The van der Waals surface area contributed by atoms with E-state index in [2.05, 4.69) is 42.8 Å². The molecule has 0 saturated carbocycles. The lowest BCUT2D eigenvalue weighted by Crippen LogP contribution is -2.37. The monoisotopic (exact) mass is 301 g/mol. The first-order valence-corrected chi connectivity index (χ1v) is 9.08. The van der Waals surface area contributed by atoms with Gasteiger partial charge in [0.15, 0.2) is 11.9 Å². The maximum atomic E-state index is 9.08. The first-order valence-electron chi connectivity index (χ1n) is 7.26. The molecule has 0 aliphatic heterocycles. The summed E-state index contributed by atoms with van der Waals surface area (Å²) in [5, 5.41) is 0. The van der Waals surface area contributed by atoms with Crippen molar-refractivity contribution in [1.29, 1.82) is 0 Å². The van der Waals surface area contributed by atoms with Crippen molar-refractivity contribution in [3.63, 3.8) is 0 Å². The normalized spacial score (nSPS) is 10.8. The molecule has 116 valence electrons. The molecule has 0 aliphatic carbocycles. The fourth-order valence-electron chi connectivity index (χ4n) is 1.92. The molecule has 1 heterocycles. The third-order valence-corrected chi connectivity index (χ3v) is 2.79. The molecule has 0 bridgehead atoms. The van der Waals surface area contributed by atoms with Crippen LogP contribution < -0.4 is 4.57 Å². The lowest BCUT2D eigenvalue weighted by atomic mass is 10.2. The Balaban J connectivity index is 0.000000621. The maximum absolute atomic E-state index is 9.08. The van der Waals surface area contributed by atoms with Gasteiger partial charge in [0.25, 0.3) is 0 Å². The second kappa shape index (κ2) is 10.8. The van der Waals surface area contributed by atoms with E-state index in [-0.39, 0.29) is 0 Å². The second-order valence-electron chi connectivity index (χ2n) is 4.90. The minimum atomic E-state index is -3.92. The van der Waals surface area contributed by atoms with Crippen LogP contribution in [0.1, 0.15) is 51.6 Å². The predicted octanol–water partition coefficient (Wildman–Crippen LogP) is 2.67. The molecule has 0 radical (unpaired) electrons. The number of hydrogen-bond donors (Lipinski definition) is 0. The molecule has 0 amide bonds. The fourth-order valence-corrected chi connectivity index (χ4v) is 1.92. The average molecular weight is 301 g/mol. The van der Waals surface area contributed by atoms with E-state index in [0.717, 1.165) is 0 Å². The van der Waals surface area contributed by atoms with Gasteiger partial charge in [-0.3, -0.25) is 0 Å². The summed E-state index contributed by atoms with van der Waals surface area (Å²) in [6.45, 7) is 5.70. The fraction of sp³-hybridized carbons (Fsp3) is 0.667. The molecule has 0 N–H and O–H groups in total. The van der Waals surface area contributed by atoms with Gasteiger partial charge in [-0.2, -0.15) is 0 Å². The molecule has 4 nitrogen and oxygen atoms in total. The summed E-state index contributed by atoms with van der Waals surface area (Å²) >= 11 is 0. The van der Waals surface area contributed by atoms with E-state index >= 15 is 0 Å². The topological polar surface area (TPSA) is 61.1 Å². The van der Waals surface area contributed by atoms with E-state index in [1.807, 2.05) is 0 Å². The predicted molar refractivity (Wildman–Crippen MR) is 80.4 cm³/mol. The molecule has 1 rings (SSSR count). The molecule has 1 aromatic rings. The number of nitrogens with zero attached hydrogens (tertiary/aromatic N) is 1. The molecule has 1 aromatic heterocycles. The van der Waals surface area contributed by atoms with Crippen molar-refractivity contribution in [2.45, 2.75) is 58.9 Å². The molecule has 20 heavy (non-hydrogen) atoms. The van der Waals surface area contributed by atoms with Crippen LogP contribution >= 0.6 is 0 Å². The van der Waals surface area contributed by atoms with E-state index < -0.39 is 10.1 Å². The molecule has 5 heteroatoms. The Labute approximate surface area is 123 Å². The standard InChI is InChI=1S/C14H24N.CH4O3S/c1-3-5-6-8-12-15-13-9-7-11-14(15)10-4-2;1-5(2,3)4/h7,9,11,13H,3-6,8,10,12H2,1-2H3;1H3,(H,2,3,4)/q+1;/p-1. The summed E-state index contributed by atoms with van der Waals surface area (Å²) in [6, 6.07) is 6.54. The van der Waals surface area contributed by atoms with Crippen LogP contribution in [0, 0.1) is 0 Å². The zero-order valence-electron chi connectivity index (χ0n) is 12.8. The van der Waals surface area contributed by atoms with Crippen LogP contribution in [0.3, 0.4) is 0 Å². The highest BCUT2D eigenvalue weighted by Crippen LogP contribution is 2.01. The minimum absolute atomic E-state index is 0.604. The lowest BCUT2D eigenvalue weighted by Gasteiger charge is -2.02. The second-order valence-corrected chi connectivity index (χ2v) is 6.31. The Morgan fingerprint density at radius 2 is 1.75 bits per heavy atom. The molecule has 0 atom stereocenters. The Bertz CT molecular complexity index is 450. The van der Waals surface area contributed by atoms with Crippen LogP contribution in [-0.4, -0.2) is 19.2 Å². The molecule has 0 saturated heterocycles. The van der Waals surface area contributed by atoms with Crippen molar-refractivity contribution < 1.29 is 17.5 Å². The number of aromatic nitrogens is 1. The highest BCUT2D eigenvalue weighted by Gasteiger charge is 2.06.